The van der Waals surface area contributed by atoms with Crippen molar-refractivity contribution in [2.45, 2.75) is 12.4 Å². The van der Waals surface area contributed by atoms with Gasteiger partial charge in [-0.1, -0.05) is 6.07 Å². The molecule has 0 aliphatic heterocycles. The fourth-order valence-electron chi connectivity index (χ4n) is 1.63. The predicted molar refractivity (Wildman–Crippen MR) is 59.8 cm³/mol. The molecule has 7 heteroatoms. The molecule has 0 fully saturated rings. The number of rotatable bonds is 1. The minimum atomic E-state index is -5.04. The molecular formula is C12H6F6S. The first-order valence-corrected chi connectivity index (χ1v) is 5.95. The van der Waals surface area contributed by atoms with E-state index < -0.39 is 23.5 Å². The smallest absolute Gasteiger partial charge is 0.166 e. The third-order valence-electron chi connectivity index (χ3n) is 2.48. The summed E-state index contributed by atoms with van der Waals surface area (Å²) in [5, 5.41) is 3.21. The Labute approximate surface area is 108 Å². The van der Waals surface area contributed by atoms with E-state index in [4.69, 9.17) is 0 Å². The maximum absolute atomic E-state index is 12.7. The van der Waals surface area contributed by atoms with Crippen molar-refractivity contribution in [3.05, 3.63) is 46.2 Å². The predicted octanol–water partition coefficient (Wildman–Crippen LogP) is 5.45. The number of benzene rings is 1. The van der Waals surface area contributed by atoms with Crippen LogP contribution in [0.5, 0.6) is 0 Å². The Morgan fingerprint density at radius 1 is 0.737 bits per heavy atom. The fourth-order valence-corrected chi connectivity index (χ4v) is 2.30. The van der Waals surface area contributed by atoms with Crippen molar-refractivity contribution in [1.29, 1.82) is 0 Å². The van der Waals surface area contributed by atoms with E-state index in [1.54, 1.807) is 16.8 Å². The van der Waals surface area contributed by atoms with E-state index in [1.807, 2.05) is 0 Å². The first-order valence-electron chi connectivity index (χ1n) is 5.00. The lowest BCUT2D eigenvalue weighted by molar-refractivity contribution is -0.162. The van der Waals surface area contributed by atoms with Gasteiger partial charge in [0.05, 0.1) is 11.1 Å². The molecule has 0 saturated carbocycles. The maximum Gasteiger partial charge on any atom is 0.417 e. The van der Waals surface area contributed by atoms with Crippen LogP contribution in [0.3, 0.4) is 0 Å². The molecule has 0 aliphatic rings. The molecule has 0 spiro atoms. The van der Waals surface area contributed by atoms with Gasteiger partial charge in [0.15, 0.2) is 0 Å². The zero-order valence-corrected chi connectivity index (χ0v) is 9.96. The van der Waals surface area contributed by atoms with Gasteiger partial charge in [-0.15, -0.1) is 0 Å². The SMILES string of the molecule is FC(F)(F)c1ccc(-c2ccsc2)cc1C(F)(F)F. The minimum Gasteiger partial charge on any atom is -0.166 e. The van der Waals surface area contributed by atoms with Crippen molar-refractivity contribution < 1.29 is 26.3 Å². The van der Waals surface area contributed by atoms with Gasteiger partial charge in [-0.3, -0.25) is 0 Å². The number of alkyl halides is 6. The summed E-state index contributed by atoms with van der Waals surface area (Å²) in [6, 6.07) is 3.59. The van der Waals surface area contributed by atoms with Gasteiger partial charge in [0.2, 0.25) is 0 Å². The van der Waals surface area contributed by atoms with Crippen LogP contribution in [0.1, 0.15) is 11.1 Å². The van der Waals surface area contributed by atoms with E-state index in [-0.39, 0.29) is 5.56 Å². The van der Waals surface area contributed by atoms with Crippen molar-refractivity contribution in [2.24, 2.45) is 0 Å². The van der Waals surface area contributed by atoms with Gasteiger partial charge >= 0.3 is 12.4 Å². The highest BCUT2D eigenvalue weighted by atomic mass is 32.1. The molecule has 0 radical (unpaired) electrons. The quantitative estimate of drug-likeness (QED) is 0.614. The van der Waals surface area contributed by atoms with Crippen LogP contribution in [0.15, 0.2) is 35.0 Å². The van der Waals surface area contributed by atoms with Gasteiger partial charge in [0.25, 0.3) is 0 Å². The van der Waals surface area contributed by atoms with Crippen LogP contribution in [-0.4, -0.2) is 0 Å². The van der Waals surface area contributed by atoms with Crippen molar-refractivity contribution in [1.82, 2.24) is 0 Å². The average molecular weight is 296 g/mol. The second-order valence-electron chi connectivity index (χ2n) is 3.77. The van der Waals surface area contributed by atoms with Crippen LogP contribution in [0.25, 0.3) is 11.1 Å². The highest BCUT2D eigenvalue weighted by Crippen LogP contribution is 2.42. The van der Waals surface area contributed by atoms with Crippen molar-refractivity contribution >= 4 is 11.3 Å². The third-order valence-corrected chi connectivity index (χ3v) is 3.17. The summed E-state index contributed by atoms with van der Waals surface area (Å²) in [6.45, 7) is 0. The molecule has 0 bridgehead atoms. The Hall–Kier alpha value is -1.50. The van der Waals surface area contributed by atoms with Gasteiger partial charge in [0.1, 0.15) is 0 Å². The Morgan fingerprint density at radius 3 is 1.84 bits per heavy atom. The van der Waals surface area contributed by atoms with Gasteiger partial charge < -0.3 is 0 Å². The van der Waals surface area contributed by atoms with Crippen LogP contribution < -0.4 is 0 Å². The fraction of sp³-hybridized carbons (Fsp3) is 0.167. The number of thiophene rings is 1. The van der Waals surface area contributed by atoms with Crippen molar-refractivity contribution in [3.63, 3.8) is 0 Å². The van der Waals surface area contributed by atoms with E-state index in [0.717, 1.165) is 6.07 Å². The van der Waals surface area contributed by atoms with Crippen molar-refractivity contribution in [3.8, 4) is 11.1 Å². The molecule has 2 rings (SSSR count). The normalized spacial score (nSPS) is 12.7. The lowest BCUT2D eigenvalue weighted by atomic mass is 10.00. The van der Waals surface area contributed by atoms with Crippen LogP contribution in [-0.2, 0) is 12.4 Å². The molecule has 0 amide bonds. The number of hydrogen-bond donors (Lipinski definition) is 0. The highest BCUT2D eigenvalue weighted by molar-refractivity contribution is 7.08. The molecule has 1 aromatic heterocycles. The van der Waals surface area contributed by atoms with Gasteiger partial charge in [-0.2, -0.15) is 37.7 Å². The second kappa shape index (κ2) is 4.56. The average Bonchev–Trinajstić information content (AvgIpc) is 2.79. The topological polar surface area (TPSA) is 0 Å². The third kappa shape index (κ3) is 2.91. The Kier molecular flexibility index (Phi) is 3.34. The minimum absolute atomic E-state index is 0.113. The summed E-state index contributed by atoms with van der Waals surface area (Å²) in [4.78, 5) is 0. The van der Waals surface area contributed by atoms with Crippen molar-refractivity contribution in [2.75, 3.05) is 0 Å². The van der Waals surface area contributed by atoms with Crippen LogP contribution in [0, 0.1) is 0 Å². The molecule has 2 aromatic rings. The van der Waals surface area contributed by atoms with Crippen LogP contribution in [0.2, 0.25) is 0 Å². The van der Waals surface area contributed by atoms with Gasteiger partial charge in [0, 0.05) is 0 Å². The lowest BCUT2D eigenvalue weighted by Gasteiger charge is -2.16. The largest absolute Gasteiger partial charge is 0.417 e. The summed E-state index contributed by atoms with van der Waals surface area (Å²) in [5.74, 6) is 0. The molecule has 0 N–H and O–H groups in total. The molecule has 1 aromatic carbocycles. The molecule has 102 valence electrons. The van der Waals surface area contributed by atoms with Crippen LogP contribution in [0.4, 0.5) is 26.3 Å². The Balaban J connectivity index is 2.61. The summed E-state index contributed by atoms with van der Waals surface area (Å²) in [6.07, 6.45) is -10.1. The second-order valence-corrected chi connectivity index (χ2v) is 4.55. The molecule has 19 heavy (non-hydrogen) atoms. The van der Waals surface area contributed by atoms with E-state index in [2.05, 4.69) is 0 Å². The number of halogens is 6. The zero-order chi connectivity index (χ0) is 14.3. The molecule has 0 saturated heterocycles. The highest BCUT2D eigenvalue weighted by Gasteiger charge is 2.43. The van der Waals surface area contributed by atoms with Crippen LogP contribution >= 0.6 is 11.3 Å². The molecule has 0 aliphatic carbocycles. The van der Waals surface area contributed by atoms with E-state index in [0.29, 0.717) is 17.7 Å². The summed E-state index contributed by atoms with van der Waals surface area (Å²) in [5.41, 5.74) is -2.76. The van der Waals surface area contributed by atoms with E-state index in [9.17, 15) is 26.3 Å². The maximum atomic E-state index is 12.7. The summed E-state index contributed by atoms with van der Waals surface area (Å²) in [7, 11) is 0. The van der Waals surface area contributed by atoms with E-state index in [1.165, 1.54) is 11.3 Å². The van der Waals surface area contributed by atoms with E-state index >= 15 is 0 Å². The monoisotopic (exact) mass is 296 g/mol. The molecule has 1 heterocycles. The first-order chi connectivity index (χ1) is 8.69. The molecule has 0 atom stereocenters. The number of hydrogen-bond acceptors (Lipinski definition) is 1. The lowest BCUT2D eigenvalue weighted by Crippen LogP contribution is -2.16. The van der Waals surface area contributed by atoms with Gasteiger partial charge in [-0.05, 0) is 40.1 Å². The van der Waals surface area contributed by atoms with Gasteiger partial charge in [-0.25, -0.2) is 0 Å². The first kappa shape index (κ1) is 13.9. The Morgan fingerprint density at radius 2 is 1.37 bits per heavy atom. The standard InChI is InChI=1S/C12H6F6S/c13-11(14,15)9-2-1-7(8-3-4-19-6-8)5-10(9)12(16,17)18/h1-6H. The summed E-state index contributed by atoms with van der Waals surface area (Å²) < 4.78 is 75.8. The zero-order valence-electron chi connectivity index (χ0n) is 9.14. The summed E-state index contributed by atoms with van der Waals surface area (Å²) >= 11 is 1.25. The molecule has 0 nitrogen and oxygen atoms in total. The Bertz CT molecular complexity index is 565. The molecular weight excluding hydrogens is 290 g/mol. The molecule has 0 unspecified atom stereocenters.